The lowest BCUT2D eigenvalue weighted by atomic mass is 9.99. The van der Waals surface area contributed by atoms with Gasteiger partial charge in [-0.3, -0.25) is 9.10 Å². The lowest BCUT2D eigenvalue weighted by Gasteiger charge is -2.29. The zero-order valence-electron chi connectivity index (χ0n) is 18.8. The van der Waals surface area contributed by atoms with Crippen LogP contribution in [0.25, 0.3) is 6.08 Å². The monoisotopic (exact) mass is 484 g/mol. The maximum Gasteiger partial charge on any atom is 0.331 e. The Balaban J connectivity index is 1.61. The standard InChI is InChI=1S/C24H24N2O7S/c1-31-23-14-17(5-9-22(23)32-13-11-25)6-10-24(28)33-16-21(27)19-7-8-20-18(15-19)4-3-12-26(20)34(2,29)30/h5-10,14-15H,3-4,12-13,16H2,1-2H3/b10-6+. The highest BCUT2D eigenvalue weighted by Gasteiger charge is 2.24. The first-order valence-corrected chi connectivity index (χ1v) is 12.2. The van der Waals surface area contributed by atoms with Gasteiger partial charge in [0.25, 0.3) is 0 Å². The van der Waals surface area contributed by atoms with Crippen molar-refractivity contribution in [1.82, 2.24) is 0 Å². The number of fused-ring (bicyclic) bond motifs is 1. The smallest absolute Gasteiger partial charge is 0.331 e. The van der Waals surface area contributed by atoms with Crippen molar-refractivity contribution < 1.29 is 32.2 Å². The van der Waals surface area contributed by atoms with Gasteiger partial charge in [-0.1, -0.05) is 6.07 Å². The van der Waals surface area contributed by atoms with E-state index in [0.717, 1.165) is 11.8 Å². The fraction of sp³-hybridized carbons (Fsp3) is 0.292. The van der Waals surface area contributed by atoms with Crippen LogP contribution in [-0.4, -0.2) is 53.3 Å². The van der Waals surface area contributed by atoms with Gasteiger partial charge in [0, 0.05) is 18.2 Å². The molecule has 0 saturated heterocycles. The molecule has 0 spiro atoms. The zero-order valence-corrected chi connectivity index (χ0v) is 19.6. The molecule has 0 atom stereocenters. The van der Waals surface area contributed by atoms with Gasteiger partial charge < -0.3 is 14.2 Å². The Hall–Kier alpha value is -3.84. The van der Waals surface area contributed by atoms with E-state index in [9.17, 15) is 18.0 Å². The van der Waals surface area contributed by atoms with Crippen LogP contribution in [0.4, 0.5) is 5.69 Å². The van der Waals surface area contributed by atoms with Gasteiger partial charge in [-0.25, -0.2) is 13.2 Å². The van der Waals surface area contributed by atoms with E-state index >= 15 is 0 Å². The topological polar surface area (TPSA) is 123 Å². The molecule has 0 aromatic heterocycles. The molecule has 10 heteroatoms. The Labute approximate surface area is 198 Å². The summed E-state index contributed by atoms with van der Waals surface area (Å²) in [6, 6.07) is 11.6. The van der Waals surface area contributed by atoms with Gasteiger partial charge in [0.05, 0.1) is 19.1 Å². The number of methoxy groups -OCH3 is 1. The Morgan fingerprint density at radius 3 is 2.68 bits per heavy atom. The molecule has 178 valence electrons. The zero-order chi connectivity index (χ0) is 24.7. The summed E-state index contributed by atoms with van der Waals surface area (Å²) in [5, 5.41) is 8.62. The Morgan fingerprint density at radius 2 is 1.97 bits per heavy atom. The average molecular weight is 485 g/mol. The molecule has 0 unspecified atom stereocenters. The third-order valence-corrected chi connectivity index (χ3v) is 6.30. The number of benzene rings is 2. The molecule has 0 amide bonds. The Kier molecular flexibility index (Phi) is 7.91. The second kappa shape index (κ2) is 10.9. The van der Waals surface area contributed by atoms with Gasteiger partial charge in [-0.05, 0) is 60.4 Å². The summed E-state index contributed by atoms with van der Waals surface area (Å²) in [6.07, 6.45) is 5.17. The minimum Gasteiger partial charge on any atom is -0.493 e. The number of carbonyl (C=O) groups excluding carboxylic acids is 2. The average Bonchev–Trinajstić information content (AvgIpc) is 2.83. The number of anilines is 1. The van der Waals surface area contributed by atoms with Gasteiger partial charge in [0.15, 0.2) is 30.5 Å². The lowest BCUT2D eigenvalue weighted by molar-refractivity contribution is -0.136. The number of ether oxygens (including phenoxy) is 3. The molecule has 9 nitrogen and oxygen atoms in total. The molecule has 2 aromatic carbocycles. The van der Waals surface area contributed by atoms with Crippen LogP contribution >= 0.6 is 0 Å². The molecule has 0 fully saturated rings. The molecule has 1 aliphatic heterocycles. The third kappa shape index (κ3) is 6.14. The van der Waals surface area contributed by atoms with Gasteiger partial charge in [0.2, 0.25) is 10.0 Å². The van der Waals surface area contributed by atoms with Crippen molar-refractivity contribution in [2.24, 2.45) is 0 Å². The maximum absolute atomic E-state index is 12.5. The first kappa shape index (κ1) is 24.8. The van der Waals surface area contributed by atoms with Gasteiger partial charge >= 0.3 is 5.97 Å². The van der Waals surface area contributed by atoms with Gasteiger partial charge in [-0.15, -0.1) is 0 Å². The summed E-state index contributed by atoms with van der Waals surface area (Å²) in [6.45, 7) is -0.154. The summed E-state index contributed by atoms with van der Waals surface area (Å²) in [5.74, 6) is -0.276. The van der Waals surface area contributed by atoms with Crippen molar-refractivity contribution in [2.45, 2.75) is 12.8 Å². The lowest BCUT2D eigenvalue weighted by Crippen LogP contribution is -2.34. The Bertz CT molecular complexity index is 1260. The molecular formula is C24H24N2O7S. The molecule has 0 radical (unpaired) electrons. The largest absolute Gasteiger partial charge is 0.493 e. The quantitative estimate of drug-likeness (QED) is 0.302. The number of hydrogen-bond donors (Lipinski definition) is 0. The van der Waals surface area contributed by atoms with Crippen LogP contribution in [0, 0.1) is 11.3 Å². The number of aryl methyl sites for hydroxylation is 1. The van der Waals surface area contributed by atoms with Crippen molar-refractivity contribution in [3.63, 3.8) is 0 Å². The fourth-order valence-corrected chi connectivity index (χ4v) is 4.53. The van der Waals surface area contributed by atoms with Crippen molar-refractivity contribution in [2.75, 3.05) is 37.4 Å². The molecule has 0 bridgehead atoms. The van der Waals surface area contributed by atoms with E-state index in [0.29, 0.717) is 47.7 Å². The number of rotatable bonds is 9. The van der Waals surface area contributed by atoms with E-state index in [1.165, 1.54) is 29.6 Å². The van der Waals surface area contributed by atoms with E-state index in [-0.39, 0.29) is 12.4 Å². The summed E-state index contributed by atoms with van der Waals surface area (Å²) < 4.78 is 40.8. The minimum atomic E-state index is -3.39. The van der Waals surface area contributed by atoms with E-state index < -0.39 is 22.6 Å². The molecule has 3 rings (SSSR count). The van der Waals surface area contributed by atoms with Crippen molar-refractivity contribution in [1.29, 1.82) is 5.26 Å². The van der Waals surface area contributed by atoms with Crippen LogP contribution in [0.15, 0.2) is 42.5 Å². The molecule has 1 aliphatic rings. The number of ketones is 1. The highest BCUT2D eigenvalue weighted by atomic mass is 32.2. The second-order valence-electron chi connectivity index (χ2n) is 7.50. The highest BCUT2D eigenvalue weighted by Crippen LogP contribution is 2.30. The molecule has 34 heavy (non-hydrogen) atoms. The molecule has 2 aromatic rings. The number of carbonyl (C=O) groups is 2. The number of Topliss-reactive ketones (excluding diaryl/α,β-unsaturated/α-hetero) is 1. The molecular weight excluding hydrogens is 460 g/mol. The summed E-state index contributed by atoms with van der Waals surface area (Å²) in [5.41, 5.74) is 2.33. The van der Waals surface area contributed by atoms with Gasteiger partial charge in [0.1, 0.15) is 6.07 Å². The second-order valence-corrected chi connectivity index (χ2v) is 9.41. The number of nitrogens with zero attached hydrogens (tertiary/aromatic N) is 2. The third-order valence-electron chi connectivity index (χ3n) is 5.12. The molecule has 0 saturated carbocycles. The van der Waals surface area contributed by atoms with Crippen molar-refractivity contribution >= 4 is 33.5 Å². The number of hydrogen-bond acceptors (Lipinski definition) is 8. The highest BCUT2D eigenvalue weighted by molar-refractivity contribution is 7.92. The molecule has 1 heterocycles. The SMILES string of the molecule is COc1cc(/C=C/C(=O)OCC(=O)c2ccc3c(c2)CCCN3S(C)(=O)=O)ccc1OCC#N. The van der Waals surface area contributed by atoms with Gasteiger partial charge in [-0.2, -0.15) is 5.26 Å². The van der Waals surface area contributed by atoms with Crippen LogP contribution in [0.1, 0.15) is 27.9 Å². The van der Waals surface area contributed by atoms with E-state index in [1.54, 1.807) is 30.3 Å². The maximum atomic E-state index is 12.5. The molecule has 0 aliphatic carbocycles. The number of nitriles is 1. The number of sulfonamides is 1. The van der Waals surface area contributed by atoms with Crippen molar-refractivity contribution in [3.8, 4) is 17.6 Å². The number of esters is 1. The van der Waals surface area contributed by atoms with E-state index in [4.69, 9.17) is 19.5 Å². The van der Waals surface area contributed by atoms with E-state index in [2.05, 4.69) is 0 Å². The van der Waals surface area contributed by atoms with Crippen LogP contribution in [0.3, 0.4) is 0 Å². The predicted octanol–water partition coefficient (Wildman–Crippen LogP) is 2.75. The van der Waals surface area contributed by atoms with Crippen molar-refractivity contribution in [3.05, 3.63) is 59.2 Å². The van der Waals surface area contributed by atoms with Crippen LogP contribution < -0.4 is 13.8 Å². The van der Waals surface area contributed by atoms with E-state index in [1.807, 2.05) is 6.07 Å². The summed E-state index contributed by atoms with van der Waals surface area (Å²) in [7, 11) is -1.93. The summed E-state index contributed by atoms with van der Waals surface area (Å²) >= 11 is 0. The predicted molar refractivity (Wildman–Crippen MR) is 125 cm³/mol. The minimum absolute atomic E-state index is 0.119. The normalized spacial score (nSPS) is 13.1. The summed E-state index contributed by atoms with van der Waals surface area (Å²) in [4.78, 5) is 24.6. The fourth-order valence-electron chi connectivity index (χ4n) is 3.53. The van der Waals surface area contributed by atoms with Crippen LogP contribution in [0.2, 0.25) is 0 Å². The van der Waals surface area contributed by atoms with Crippen LogP contribution in [-0.2, 0) is 26.0 Å². The van der Waals surface area contributed by atoms with Crippen LogP contribution in [0.5, 0.6) is 11.5 Å². The molecule has 0 N–H and O–H groups in total. The first-order chi connectivity index (χ1) is 16.2. The first-order valence-electron chi connectivity index (χ1n) is 10.4. The Morgan fingerprint density at radius 1 is 1.18 bits per heavy atom.